The Kier molecular flexibility index (Phi) is 9.27. The van der Waals surface area contributed by atoms with Gasteiger partial charge in [0.2, 0.25) is 5.75 Å². The lowest BCUT2D eigenvalue weighted by molar-refractivity contribution is -0.146. The molecule has 0 heterocycles. The van der Waals surface area contributed by atoms with Crippen LogP contribution in [-0.2, 0) is 20.7 Å². The van der Waals surface area contributed by atoms with Gasteiger partial charge in [0, 0.05) is 11.3 Å². The van der Waals surface area contributed by atoms with E-state index in [-0.39, 0.29) is 5.56 Å². The molecule has 0 saturated carbocycles. The van der Waals surface area contributed by atoms with E-state index >= 15 is 0 Å². The summed E-state index contributed by atoms with van der Waals surface area (Å²) in [4.78, 5) is 37.0. The minimum Gasteiger partial charge on any atom is -0.493 e. The van der Waals surface area contributed by atoms with E-state index in [1.54, 1.807) is 6.07 Å². The third kappa shape index (κ3) is 6.99. The zero-order valence-electron chi connectivity index (χ0n) is 20.3. The van der Waals surface area contributed by atoms with E-state index in [1.807, 2.05) is 48.5 Å². The molecule has 188 valence electrons. The minimum absolute atomic E-state index is 0.199. The molecule has 0 saturated heterocycles. The summed E-state index contributed by atoms with van der Waals surface area (Å²) in [5.41, 5.74) is 2.87. The topological polar surface area (TPSA) is 112 Å². The summed E-state index contributed by atoms with van der Waals surface area (Å²) >= 11 is 0. The normalized spacial score (nSPS) is 10.2. The number of carbonyl (C=O) groups excluding carboxylic acids is 3. The van der Waals surface area contributed by atoms with Crippen molar-refractivity contribution in [2.45, 2.75) is 6.42 Å². The number of para-hydroxylation sites is 1. The minimum atomic E-state index is -0.761. The standard InChI is InChI=1S/C27H28N2O7/c1-33-22-14-20(15-23(34-2)26(22)35-3)27(32)28-16-25(31)36-17-24(30)29-21-12-8-7-11-19(21)13-18-9-5-4-6-10-18/h4-12,14-15H,13,16-17H2,1-3H3,(H,28,32)(H,29,30). The largest absolute Gasteiger partial charge is 0.493 e. The van der Waals surface area contributed by atoms with E-state index in [1.165, 1.54) is 33.5 Å². The molecule has 36 heavy (non-hydrogen) atoms. The van der Waals surface area contributed by atoms with Gasteiger partial charge in [0.05, 0.1) is 21.3 Å². The van der Waals surface area contributed by atoms with Gasteiger partial charge >= 0.3 is 5.97 Å². The molecule has 0 aliphatic rings. The van der Waals surface area contributed by atoms with Gasteiger partial charge < -0.3 is 29.6 Å². The van der Waals surface area contributed by atoms with E-state index in [0.717, 1.165) is 11.1 Å². The lowest BCUT2D eigenvalue weighted by atomic mass is 10.0. The fraction of sp³-hybridized carbons (Fsp3) is 0.222. The monoisotopic (exact) mass is 492 g/mol. The van der Waals surface area contributed by atoms with Crippen molar-refractivity contribution in [1.82, 2.24) is 5.32 Å². The number of nitrogens with one attached hydrogen (secondary N) is 2. The first-order chi connectivity index (χ1) is 17.4. The van der Waals surface area contributed by atoms with Crippen molar-refractivity contribution in [3.8, 4) is 17.2 Å². The molecule has 3 rings (SSSR count). The van der Waals surface area contributed by atoms with Crippen LogP contribution in [0.25, 0.3) is 0 Å². The van der Waals surface area contributed by atoms with Crippen LogP contribution in [0, 0.1) is 0 Å². The van der Waals surface area contributed by atoms with Gasteiger partial charge in [0.25, 0.3) is 11.8 Å². The predicted molar refractivity (Wildman–Crippen MR) is 134 cm³/mol. The third-order valence-corrected chi connectivity index (χ3v) is 5.21. The number of hydrogen-bond donors (Lipinski definition) is 2. The van der Waals surface area contributed by atoms with Gasteiger partial charge in [-0.3, -0.25) is 14.4 Å². The van der Waals surface area contributed by atoms with Gasteiger partial charge in [-0.1, -0.05) is 48.5 Å². The second-order valence-corrected chi connectivity index (χ2v) is 7.63. The maximum absolute atomic E-state index is 12.5. The summed E-state index contributed by atoms with van der Waals surface area (Å²) in [6.07, 6.45) is 0.643. The molecule has 0 radical (unpaired) electrons. The van der Waals surface area contributed by atoms with E-state index in [0.29, 0.717) is 29.4 Å². The highest BCUT2D eigenvalue weighted by molar-refractivity contribution is 5.97. The van der Waals surface area contributed by atoms with Crippen molar-refractivity contribution in [3.63, 3.8) is 0 Å². The van der Waals surface area contributed by atoms with Gasteiger partial charge in [-0.25, -0.2) is 0 Å². The number of anilines is 1. The second-order valence-electron chi connectivity index (χ2n) is 7.63. The molecule has 2 N–H and O–H groups in total. The zero-order chi connectivity index (χ0) is 25.9. The first kappa shape index (κ1) is 26.1. The molecule has 0 unspecified atom stereocenters. The maximum atomic E-state index is 12.5. The first-order valence-electron chi connectivity index (χ1n) is 11.1. The second kappa shape index (κ2) is 12.8. The predicted octanol–water partition coefficient (Wildman–Crippen LogP) is 3.21. The van der Waals surface area contributed by atoms with Crippen molar-refractivity contribution in [3.05, 3.63) is 83.4 Å². The number of ether oxygens (including phenoxy) is 4. The van der Waals surface area contributed by atoms with Gasteiger partial charge in [-0.15, -0.1) is 0 Å². The molecule has 0 spiro atoms. The van der Waals surface area contributed by atoms with Crippen LogP contribution < -0.4 is 24.8 Å². The molecule has 0 aliphatic heterocycles. The molecule has 9 heteroatoms. The average molecular weight is 493 g/mol. The number of methoxy groups -OCH3 is 3. The van der Waals surface area contributed by atoms with Crippen molar-refractivity contribution in [2.24, 2.45) is 0 Å². The summed E-state index contributed by atoms with van der Waals surface area (Å²) in [5.74, 6) is -0.858. The Labute approximate surface area is 209 Å². The van der Waals surface area contributed by atoms with Gasteiger partial charge in [0.15, 0.2) is 18.1 Å². The van der Waals surface area contributed by atoms with Crippen molar-refractivity contribution in [1.29, 1.82) is 0 Å². The molecule has 0 bridgehead atoms. The quantitative estimate of drug-likeness (QED) is 0.395. The van der Waals surface area contributed by atoms with E-state index in [2.05, 4.69) is 10.6 Å². The molecular weight excluding hydrogens is 464 g/mol. The van der Waals surface area contributed by atoms with Gasteiger partial charge in [-0.05, 0) is 35.7 Å². The van der Waals surface area contributed by atoms with Crippen molar-refractivity contribution < 1.29 is 33.3 Å². The van der Waals surface area contributed by atoms with Crippen LogP contribution in [0.5, 0.6) is 17.2 Å². The fourth-order valence-electron chi connectivity index (χ4n) is 3.46. The van der Waals surface area contributed by atoms with E-state index in [9.17, 15) is 14.4 Å². The summed E-state index contributed by atoms with van der Waals surface area (Å²) in [6.45, 7) is -0.911. The van der Waals surface area contributed by atoms with Crippen LogP contribution in [-0.4, -0.2) is 52.3 Å². The fourth-order valence-corrected chi connectivity index (χ4v) is 3.46. The van der Waals surface area contributed by atoms with Crippen LogP contribution in [0.4, 0.5) is 5.69 Å². The Morgan fingerprint density at radius 1 is 0.806 bits per heavy atom. The Hall–Kier alpha value is -4.53. The maximum Gasteiger partial charge on any atom is 0.325 e. The highest BCUT2D eigenvalue weighted by Gasteiger charge is 2.18. The number of esters is 1. The van der Waals surface area contributed by atoms with Crippen LogP contribution in [0.3, 0.4) is 0 Å². The summed E-state index contributed by atoms with van der Waals surface area (Å²) in [7, 11) is 4.32. The van der Waals surface area contributed by atoms with Crippen molar-refractivity contribution >= 4 is 23.5 Å². The van der Waals surface area contributed by atoms with Crippen LogP contribution in [0.2, 0.25) is 0 Å². The number of hydrogen-bond acceptors (Lipinski definition) is 7. The smallest absolute Gasteiger partial charge is 0.325 e. The number of rotatable bonds is 11. The van der Waals surface area contributed by atoms with Gasteiger partial charge in [0.1, 0.15) is 6.54 Å². The van der Waals surface area contributed by atoms with Crippen LogP contribution in [0.15, 0.2) is 66.7 Å². The third-order valence-electron chi connectivity index (χ3n) is 5.21. The molecule has 0 aromatic heterocycles. The van der Waals surface area contributed by atoms with E-state index in [4.69, 9.17) is 18.9 Å². The van der Waals surface area contributed by atoms with Crippen molar-refractivity contribution in [2.75, 3.05) is 39.8 Å². The van der Waals surface area contributed by atoms with Crippen LogP contribution >= 0.6 is 0 Å². The van der Waals surface area contributed by atoms with Crippen LogP contribution in [0.1, 0.15) is 21.5 Å². The number of benzene rings is 3. The van der Waals surface area contributed by atoms with Gasteiger partial charge in [-0.2, -0.15) is 0 Å². The lowest BCUT2D eigenvalue weighted by Gasteiger charge is -2.14. The molecule has 2 amide bonds. The summed E-state index contributed by atoms with van der Waals surface area (Å²) in [6, 6.07) is 20.2. The average Bonchev–Trinajstić information content (AvgIpc) is 2.91. The molecule has 9 nitrogen and oxygen atoms in total. The lowest BCUT2D eigenvalue weighted by Crippen LogP contribution is -2.32. The number of carbonyl (C=O) groups is 3. The molecular formula is C27H28N2O7. The Bertz CT molecular complexity index is 1190. The highest BCUT2D eigenvalue weighted by Crippen LogP contribution is 2.38. The Morgan fingerprint density at radius 3 is 2.08 bits per heavy atom. The Balaban J connectivity index is 1.51. The molecule has 0 aliphatic carbocycles. The molecule has 0 fully saturated rings. The summed E-state index contributed by atoms with van der Waals surface area (Å²) in [5, 5.41) is 5.22. The Morgan fingerprint density at radius 2 is 1.44 bits per heavy atom. The van der Waals surface area contributed by atoms with E-state index < -0.39 is 30.9 Å². The molecule has 3 aromatic carbocycles. The zero-order valence-corrected chi connectivity index (χ0v) is 20.3. The molecule has 0 atom stereocenters. The highest BCUT2D eigenvalue weighted by atomic mass is 16.5. The molecule has 3 aromatic rings. The summed E-state index contributed by atoms with van der Waals surface area (Å²) < 4.78 is 20.7. The number of amides is 2. The SMILES string of the molecule is COc1cc(C(=O)NCC(=O)OCC(=O)Nc2ccccc2Cc2ccccc2)cc(OC)c1OC. The first-order valence-corrected chi connectivity index (χ1v) is 11.1.